The molecule has 0 nitrogen and oxygen atoms in total. The topological polar surface area (TPSA) is 0 Å². The van der Waals surface area contributed by atoms with Crippen LogP contribution in [0.15, 0.2) is 0 Å². The quantitative estimate of drug-likeness (QED) is 0.417. The number of hydrogen-bond donors (Lipinski definition) is 0. The second-order valence-electron chi connectivity index (χ2n) is 0.429. The van der Waals surface area contributed by atoms with Crippen LogP contribution in [0.4, 0.5) is 0 Å². The van der Waals surface area contributed by atoms with Gasteiger partial charge in [-0.15, -0.1) is 0 Å². The Bertz CT molecular complexity index is 8.00. The molecule has 0 N–H and O–H groups in total. The van der Waals surface area contributed by atoms with E-state index in [1.807, 2.05) is 0 Å². The summed E-state index contributed by atoms with van der Waals surface area (Å²) < 4.78 is 0. The molecule has 0 heterocycles. The van der Waals surface area contributed by atoms with Gasteiger partial charge in [0.05, 0.1) is 0 Å². The summed E-state index contributed by atoms with van der Waals surface area (Å²) >= 11 is 6.78. The van der Waals surface area contributed by atoms with Gasteiger partial charge in [-0.1, -0.05) is 0 Å². The first-order valence-electron chi connectivity index (χ1n) is 1.13. The first kappa shape index (κ1) is 7.83. The normalized spacial score (nSPS) is 9.00. The van der Waals surface area contributed by atoms with Gasteiger partial charge in [0.15, 0.2) is 0 Å². The monoisotopic (exact) mass is 420 g/mol. The summed E-state index contributed by atoms with van der Waals surface area (Å²) in [5, 5.41) is 0. The predicted octanol–water partition coefficient (Wildman–Crippen LogP) is 2.28. The molecule has 0 fully saturated rings. The molecule has 22 valence electrons. The van der Waals surface area contributed by atoms with E-state index in [1.54, 1.807) is 0 Å². The van der Waals surface area contributed by atoms with E-state index in [0.29, 0.717) is 0 Å². The van der Waals surface area contributed by atoms with Gasteiger partial charge in [0.1, 0.15) is 0 Å². The molecule has 0 spiro atoms. The van der Waals surface area contributed by atoms with E-state index in [2.05, 4.69) is 33.8 Å². The summed E-state index contributed by atoms with van der Waals surface area (Å²) in [6, 6.07) is 0. The van der Waals surface area contributed by atoms with Gasteiger partial charge >= 0.3 is 59.2 Å². The van der Waals surface area contributed by atoms with E-state index < -0.39 is 25.3 Å². The zero-order valence-electron chi connectivity index (χ0n) is 2.13. The Balaban J connectivity index is 2.32. The summed E-state index contributed by atoms with van der Waals surface area (Å²) in [5.41, 5.74) is 0. The molecule has 0 saturated carbocycles. The Morgan fingerprint density at radius 1 is 1.00 bits per heavy atom. The van der Waals surface area contributed by atoms with E-state index in [0.717, 1.165) is 0 Å². The molecule has 0 aromatic carbocycles. The fraction of sp³-hybridized carbons (Fsp3) is 0. The molecule has 0 aromatic heterocycles. The van der Waals surface area contributed by atoms with Crippen LogP contribution in [0, 0.1) is 0 Å². The van der Waals surface area contributed by atoms with Gasteiger partial charge in [-0.3, -0.25) is 0 Å². The number of rotatable bonds is 0. The van der Waals surface area contributed by atoms with Gasteiger partial charge < -0.3 is 0 Å². The second kappa shape index (κ2) is 4.97. The van der Waals surface area contributed by atoms with Crippen molar-refractivity contribution in [2.45, 2.75) is 0 Å². The standard InChI is InChI=1S/3HI.K/h3*1H;/q;;;+3/p-3. The molecule has 0 aliphatic rings. The van der Waals surface area contributed by atoms with E-state index in [-0.39, 0.29) is 0 Å². The van der Waals surface area contributed by atoms with E-state index >= 15 is 0 Å². The van der Waals surface area contributed by atoms with Crippen molar-refractivity contribution in [3.05, 3.63) is 0 Å². The molecule has 0 amide bonds. The zero-order chi connectivity index (χ0) is 3.58. The van der Waals surface area contributed by atoms with Crippen molar-refractivity contribution >= 4 is 59.2 Å². The summed E-state index contributed by atoms with van der Waals surface area (Å²) in [5.74, 6) is 0. The van der Waals surface area contributed by atoms with Crippen LogP contribution in [-0.4, -0.2) is 25.3 Å². The Morgan fingerprint density at radius 3 is 1.00 bits per heavy atom. The van der Waals surface area contributed by atoms with Crippen molar-refractivity contribution in [3.63, 3.8) is 0 Å². The molecular formula is I3K. The Morgan fingerprint density at radius 2 is 1.00 bits per heavy atom. The van der Waals surface area contributed by atoms with Crippen LogP contribution in [0.3, 0.4) is 0 Å². The van der Waals surface area contributed by atoms with Gasteiger partial charge in [-0.25, -0.2) is 0 Å². The van der Waals surface area contributed by atoms with Crippen LogP contribution in [0.1, 0.15) is 0 Å². The Labute approximate surface area is 55.6 Å². The Hall–Kier alpha value is 3.83. The molecule has 0 aliphatic carbocycles. The summed E-state index contributed by atoms with van der Waals surface area (Å²) in [6.45, 7) is 0. The van der Waals surface area contributed by atoms with E-state index in [4.69, 9.17) is 0 Å². The van der Waals surface area contributed by atoms with Crippen LogP contribution < -0.4 is 0 Å². The van der Waals surface area contributed by atoms with Gasteiger partial charge in [-0.2, -0.15) is 0 Å². The van der Waals surface area contributed by atoms with Crippen molar-refractivity contribution in [3.8, 4) is 0 Å². The first-order valence-corrected chi connectivity index (χ1v) is 31.4. The Kier molecular flexibility index (Phi) is 9.73. The van der Waals surface area contributed by atoms with Crippen LogP contribution in [0.2, 0.25) is 0 Å². The molecular weight excluding hydrogens is 420 g/mol. The molecule has 4 heavy (non-hydrogen) atoms. The van der Waals surface area contributed by atoms with E-state index in [1.165, 1.54) is 0 Å². The van der Waals surface area contributed by atoms with Crippen LogP contribution in [-0.2, 0) is 0 Å². The minimum atomic E-state index is -0.861. The van der Waals surface area contributed by atoms with Crippen LogP contribution in [0.5, 0.6) is 0 Å². The maximum atomic E-state index is 2.55. The average Bonchev–Trinajstić information content (AvgIpc) is 0.811. The summed E-state index contributed by atoms with van der Waals surface area (Å²) in [6.07, 6.45) is 0. The molecule has 0 rings (SSSR count). The molecule has 0 saturated heterocycles. The van der Waals surface area contributed by atoms with Crippen molar-refractivity contribution in [2.24, 2.45) is 0 Å². The van der Waals surface area contributed by atoms with Gasteiger partial charge in [0, 0.05) is 0 Å². The molecule has 0 unspecified atom stereocenters. The summed E-state index contributed by atoms with van der Waals surface area (Å²) in [4.78, 5) is 0. The number of halogens is 3. The van der Waals surface area contributed by atoms with Gasteiger partial charge in [0.25, 0.3) is 0 Å². The zero-order valence-corrected chi connectivity index (χ0v) is 11.7. The summed E-state index contributed by atoms with van der Waals surface area (Å²) in [7, 11) is 0. The van der Waals surface area contributed by atoms with Crippen molar-refractivity contribution in [1.82, 2.24) is 0 Å². The molecule has 0 atom stereocenters. The van der Waals surface area contributed by atoms with Gasteiger partial charge in [-0.05, 0) is 0 Å². The molecule has 0 aromatic rings. The predicted molar refractivity (Wildman–Crippen MR) is 47.8 cm³/mol. The van der Waals surface area contributed by atoms with Crippen molar-refractivity contribution < 1.29 is 0 Å². The minimum absolute atomic E-state index is 0.861. The van der Waals surface area contributed by atoms with Crippen molar-refractivity contribution in [2.75, 3.05) is 0 Å². The average molecular weight is 420 g/mol. The third-order valence-electron chi connectivity index (χ3n) is 0. The molecule has 0 aliphatic heterocycles. The molecule has 4 radical (unpaired) electrons. The molecule has 0 bridgehead atoms. The first-order chi connectivity index (χ1) is 1.73. The molecule has 4 heteroatoms. The van der Waals surface area contributed by atoms with Crippen LogP contribution >= 0.6 is 33.8 Å². The van der Waals surface area contributed by atoms with Crippen LogP contribution in [0.25, 0.3) is 0 Å². The van der Waals surface area contributed by atoms with E-state index in [9.17, 15) is 0 Å². The SMILES string of the molecule is [I][K]([I])[I]. The fourth-order valence-electron chi connectivity index (χ4n) is 0. The maximum absolute atomic E-state index is 2.55. The number of hydrogen-bond acceptors (Lipinski definition) is 0. The third-order valence-corrected chi connectivity index (χ3v) is 0. The third kappa shape index (κ3) is 9.27. The van der Waals surface area contributed by atoms with Gasteiger partial charge in [0.2, 0.25) is 0 Å². The van der Waals surface area contributed by atoms with Crippen molar-refractivity contribution in [1.29, 1.82) is 0 Å². The fourth-order valence-corrected chi connectivity index (χ4v) is 0. The second-order valence-corrected chi connectivity index (χ2v) is 79.5.